The zero-order valence-corrected chi connectivity index (χ0v) is 15.5. The van der Waals surface area contributed by atoms with Crippen molar-refractivity contribution in [2.24, 2.45) is 7.05 Å². The first-order valence-corrected chi connectivity index (χ1v) is 8.72. The normalized spacial score (nSPS) is 11.2. The minimum Gasteiger partial charge on any atom is -0.384 e. The molecule has 4 rings (SSSR count). The highest BCUT2D eigenvalue weighted by molar-refractivity contribution is 6.07. The van der Waals surface area contributed by atoms with Gasteiger partial charge in [0.1, 0.15) is 17.0 Å². The van der Waals surface area contributed by atoms with Gasteiger partial charge in [-0.1, -0.05) is 18.2 Å². The van der Waals surface area contributed by atoms with E-state index >= 15 is 0 Å². The van der Waals surface area contributed by atoms with Crippen molar-refractivity contribution in [1.29, 1.82) is 5.26 Å². The SMILES string of the molecule is CNc1nc2[nH]c(-c3ccccc3C#N)cc2c2c1nc(CCOC)n2C. The Bertz CT molecular complexity index is 1180. The minimum absolute atomic E-state index is 0.608. The van der Waals surface area contributed by atoms with Crippen LogP contribution in [0.3, 0.4) is 0 Å². The Kier molecular flexibility index (Phi) is 4.26. The number of pyridine rings is 1. The fourth-order valence-corrected chi connectivity index (χ4v) is 3.45. The molecule has 0 saturated carbocycles. The molecule has 7 heteroatoms. The zero-order chi connectivity index (χ0) is 19.0. The minimum atomic E-state index is 0.608. The first kappa shape index (κ1) is 17.1. The summed E-state index contributed by atoms with van der Waals surface area (Å²) in [5, 5.41) is 13.5. The fraction of sp³-hybridized carbons (Fsp3) is 0.250. The van der Waals surface area contributed by atoms with Crippen LogP contribution in [0, 0.1) is 11.3 Å². The molecule has 0 aliphatic carbocycles. The maximum Gasteiger partial charge on any atom is 0.156 e. The van der Waals surface area contributed by atoms with E-state index in [0.717, 1.165) is 51.4 Å². The van der Waals surface area contributed by atoms with Gasteiger partial charge in [0.05, 0.1) is 23.8 Å². The van der Waals surface area contributed by atoms with Crippen LogP contribution < -0.4 is 5.32 Å². The molecule has 136 valence electrons. The number of benzene rings is 1. The van der Waals surface area contributed by atoms with Gasteiger partial charge in [-0.3, -0.25) is 0 Å². The Hall–Kier alpha value is -3.37. The van der Waals surface area contributed by atoms with E-state index in [-0.39, 0.29) is 0 Å². The molecule has 3 aromatic heterocycles. The summed E-state index contributed by atoms with van der Waals surface area (Å²) < 4.78 is 7.30. The molecule has 0 spiro atoms. The standard InChI is InChI=1S/C20H20N6O/c1-22-20-17-18(26(2)16(24-17)8-9-27-3)14-10-15(23-19(14)25-20)13-7-5-4-6-12(13)11-21/h4-7,10H,8-9H2,1-3H3,(H2,22,23,25). The number of ether oxygens (including phenoxy) is 1. The van der Waals surface area contributed by atoms with Crippen LogP contribution in [0.4, 0.5) is 5.82 Å². The van der Waals surface area contributed by atoms with E-state index in [4.69, 9.17) is 14.7 Å². The van der Waals surface area contributed by atoms with Crippen molar-refractivity contribution in [2.45, 2.75) is 6.42 Å². The van der Waals surface area contributed by atoms with Crippen molar-refractivity contribution in [1.82, 2.24) is 19.5 Å². The quantitative estimate of drug-likeness (QED) is 0.570. The Morgan fingerprint density at radius 1 is 1.30 bits per heavy atom. The molecule has 0 bridgehead atoms. The Morgan fingerprint density at radius 3 is 2.85 bits per heavy atom. The molecule has 0 fully saturated rings. The number of rotatable bonds is 5. The lowest BCUT2D eigenvalue weighted by Gasteiger charge is -2.03. The molecule has 0 aliphatic rings. The number of hydrogen-bond donors (Lipinski definition) is 2. The number of methoxy groups -OCH3 is 1. The number of nitrogens with one attached hydrogen (secondary N) is 2. The molecule has 3 heterocycles. The smallest absolute Gasteiger partial charge is 0.156 e. The summed E-state index contributed by atoms with van der Waals surface area (Å²) in [7, 11) is 5.54. The molecular formula is C20H20N6O. The third-order valence-electron chi connectivity index (χ3n) is 4.79. The molecule has 0 saturated heterocycles. The molecule has 0 radical (unpaired) electrons. The van der Waals surface area contributed by atoms with Crippen molar-refractivity contribution >= 4 is 27.9 Å². The van der Waals surface area contributed by atoms with Gasteiger partial charge in [0.15, 0.2) is 5.82 Å². The number of hydrogen-bond acceptors (Lipinski definition) is 5. The lowest BCUT2D eigenvalue weighted by atomic mass is 10.1. The number of imidazole rings is 1. The van der Waals surface area contributed by atoms with Crippen LogP contribution >= 0.6 is 0 Å². The molecule has 0 aliphatic heterocycles. The highest BCUT2D eigenvalue weighted by Gasteiger charge is 2.18. The van der Waals surface area contributed by atoms with Gasteiger partial charge >= 0.3 is 0 Å². The number of aromatic amines is 1. The van der Waals surface area contributed by atoms with Gasteiger partial charge in [0, 0.05) is 44.3 Å². The third kappa shape index (κ3) is 2.71. The number of nitriles is 1. The fourth-order valence-electron chi connectivity index (χ4n) is 3.45. The summed E-state index contributed by atoms with van der Waals surface area (Å²) in [6.07, 6.45) is 0.723. The Balaban J connectivity index is 1.99. The summed E-state index contributed by atoms with van der Waals surface area (Å²) in [5.74, 6) is 1.66. The highest BCUT2D eigenvalue weighted by atomic mass is 16.5. The average molecular weight is 360 g/mol. The summed E-state index contributed by atoms with van der Waals surface area (Å²) in [6.45, 7) is 0.608. The number of H-pyrrole nitrogens is 1. The van der Waals surface area contributed by atoms with Gasteiger partial charge in [0.25, 0.3) is 0 Å². The van der Waals surface area contributed by atoms with E-state index < -0.39 is 0 Å². The summed E-state index contributed by atoms with van der Waals surface area (Å²) in [5.41, 5.74) is 4.95. The summed E-state index contributed by atoms with van der Waals surface area (Å²) in [4.78, 5) is 12.8. The van der Waals surface area contributed by atoms with Gasteiger partial charge in [-0.25, -0.2) is 9.97 Å². The number of aromatic nitrogens is 4. The highest BCUT2D eigenvalue weighted by Crippen LogP contribution is 2.33. The van der Waals surface area contributed by atoms with E-state index in [9.17, 15) is 5.26 Å². The predicted molar refractivity (Wildman–Crippen MR) is 106 cm³/mol. The predicted octanol–water partition coefficient (Wildman–Crippen LogP) is 3.22. The Morgan fingerprint density at radius 2 is 2.11 bits per heavy atom. The third-order valence-corrected chi connectivity index (χ3v) is 4.79. The second-order valence-corrected chi connectivity index (χ2v) is 6.34. The maximum absolute atomic E-state index is 9.42. The van der Waals surface area contributed by atoms with Crippen LogP contribution in [0.25, 0.3) is 33.3 Å². The lowest BCUT2D eigenvalue weighted by molar-refractivity contribution is 0.200. The molecule has 2 N–H and O–H groups in total. The molecular weight excluding hydrogens is 340 g/mol. The lowest BCUT2D eigenvalue weighted by Crippen LogP contribution is -2.02. The van der Waals surface area contributed by atoms with E-state index in [2.05, 4.69) is 20.9 Å². The number of fused-ring (bicyclic) bond motifs is 3. The first-order chi connectivity index (χ1) is 13.2. The Labute approximate surface area is 156 Å². The van der Waals surface area contributed by atoms with Crippen LogP contribution in [-0.4, -0.2) is 40.3 Å². The van der Waals surface area contributed by atoms with Crippen molar-refractivity contribution in [3.05, 3.63) is 41.7 Å². The van der Waals surface area contributed by atoms with Crippen LogP contribution in [0.1, 0.15) is 11.4 Å². The second kappa shape index (κ2) is 6.74. The van der Waals surface area contributed by atoms with E-state index in [0.29, 0.717) is 12.2 Å². The van der Waals surface area contributed by atoms with Crippen LogP contribution in [-0.2, 0) is 18.2 Å². The van der Waals surface area contributed by atoms with Gasteiger partial charge in [-0.2, -0.15) is 5.26 Å². The second-order valence-electron chi connectivity index (χ2n) is 6.34. The summed E-state index contributed by atoms with van der Waals surface area (Å²) in [6, 6.07) is 11.8. The molecule has 0 amide bonds. The summed E-state index contributed by atoms with van der Waals surface area (Å²) >= 11 is 0. The van der Waals surface area contributed by atoms with Crippen molar-refractivity contribution in [3.63, 3.8) is 0 Å². The van der Waals surface area contributed by atoms with Crippen LogP contribution in [0.2, 0.25) is 0 Å². The molecule has 1 aromatic carbocycles. The number of nitrogens with zero attached hydrogens (tertiary/aromatic N) is 4. The number of anilines is 1. The van der Waals surface area contributed by atoms with E-state index in [1.165, 1.54) is 0 Å². The molecule has 0 unspecified atom stereocenters. The van der Waals surface area contributed by atoms with Crippen molar-refractivity contribution < 1.29 is 4.74 Å². The molecule has 4 aromatic rings. The largest absolute Gasteiger partial charge is 0.384 e. The van der Waals surface area contributed by atoms with Gasteiger partial charge in [-0.05, 0) is 12.1 Å². The van der Waals surface area contributed by atoms with Crippen molar-refractivity contribution in [3.8, 4) is 17.3 Å². The van der Waals surface area contributed by atoms with Crippen molar-refractivity contribution in [2.75, 3.05) is 26.1 Å². The number of aryl methyl sites for hydroxylation is 1. The first-order valence-electron chi connectivity index (χ1n) is 8.72. The van der Waals surface area contributed by atoms with Gasteiger partial charge < -0.3 is 19.6 Å². The van der Waals surface area contributed by atoms with Gasteiger partial charge in [0.2, 0.25) is 0 Å². The molecule has 7 nitrogen and oxygen atoms in total. The monoisotopic (exact) mass is 360 g/mol. The molecule has 27 heavy (non-hydrogen) atoms. The van der Waals surface area contributed by atoms with E-state index in [1.807, 2.05) is 44.4 Å². The molecule has 0 atom stereocenters. The average Bonchev–Trinajstić information content (AvgIpc) is 3.26. The maximum atomic E-state index is 9.42. The topological polar surface area (TPSA) is 91.6 Å². The van der Waals surface area contributed by atoms with E-state index in [1.54, 1.807) is 7.11 Å². The van der Waals surface area contributed by atoms with Gasteiger partial charge in [-0.15, -0.1) is 0 Å². The van der Waals surface area contributed by atoms with Crippen LogP contribution in [0.15, 0.2) is 30.3 Å². The van der Waals surface area contributed by atoms with Crippen LogP contribution in [0.5, 0.6) is 0 Å². The zero-order valence-electron chi connectivity index (χ0n) is 15.5.